The number of amides is 3. The Labute approximate surface area is 266 Å². The van der Waals surface area contributed by atoms with E-state index >= 15 is 0 Å². The minimum Gasteiger partial charge on any atom is -0.491 e. The Morgan fingerprint density at radius 3 is 2.22 bits per heavy atom. The van der Waals surface area contributed by atoms with Gasteiger partial charge in [0.15, 0.2) is 0 Å². The number of primary amides is 1. The first-order chi connectivity index (χ1) is 21.3. The van der Waals surface area contributed by atoms with Crippen molar-refractivity contribution >= 4 is 23.4 Å². The van der Waals surface area contributed by atoms with Gasteiger partial charge in [-0.25, -0.2) is 8.78 Å². The van der Waals surface area contributed by atoms with Gasteiger partial charge in [-0.2, -0.15) is 0 Å². The molecule has 2 rings (SSSR count). The number of aliphatic hydroxyl groups is 1. The van der Waals surface area contributed by atoms with Gasteiger partial charge in [0.25, 0.3) is 0 Å². The van der Waals surface area contributed by atoms with Crippen LogP contribution in [0, 0.1) is 29.1 Å². The lowest BCUT2D eigenvalue weighted by atomic mass is 9.81. The molecule has 3 amide bonds. The molecular formula is C33H54F2N4O6. The summed E-state index contributed by atoms with van der Waals surface area (Å²) in [5.41, 5.74) is 12.5. The van der Waals surface area contributed by atoms with E-state index < -0.39 is 55.2 Å². The van der Waals surface area contributed by atoms with Gasteiger partial charge in [-0.3, -0.25) is 14.4 Å². The molecule has 0 bridgehead atoms. The standard InChI is InChI=1S/C33H54F2N4O6/c1-20(2)24(15-30(41)39-27-13-22-8-6-9-23(22)14-29(27)45-11-7-10-44-5)12-26(36)28(40)16-25(21(3)4)31(42)38-19-33(17-34,18-35)32(37)43/h13-14,20-21,24-26,28,40H,6-12,15-19,36H2,1-5H3,(H2,37,43)(H,38,42)(H,39,41)/t24-,25+,26+,28+/m1/s1. The average molecular weight is 641 g/mol. The highest BCUT2D eigenvalue weighted by Crippen LogP contribution is 2.34. The molecule has 0 unspecified atom stereocenters. The summed E-state index contributed by atoms with van der Waals surface area (Å²) in [5.74, 6) is -2.35. The van der Waals surface area contributed by atoms with Gasteiger partial charge in [0.1, 0.15) is 24.5 Å². The predicted molar refractivity (Wildman–Crippen MR) is 170 cm³/mol. The number of carbonyl (C=O) groups excluding carboxylic acids is 3. The van der Waals surface area contributed by atoms with Crippen LogP contribution in [-0.4, -0.2) is 75.2 Å². The van der Waals surface area contributed by atoms with Crippen molar-refractivity contribution in [2.24, 2.45) is 40.6 Å². The summed E-state index contributed by atoms with van der Waals surface area (Å²) in [5, 5.41) is 16.5. The third-order valence-electron chi connectivity index (χ3n) is 8.95. The van der Waals surface area contributed by atoms with Crippen LogP contribution in [0.1, 0.15) is 70.9 Å². The number of methoxy groups -OCH3 is 1. The van der Waals surface area contributed by atoms with Gasteiger partial charge >= 0.3 is 0 Å². The molecule has 0 fully saturated rings. The van der Waals surface area contributed by atoms with Gasteiger partial charge in [0, 0.05) is 45.1 Å². The summed E-state index contributed by atoms with van der Waals surface area (Å²) in [6, 6.07) is 3.28. The molecule has 1 aromatic carbocycles. The van der Waals surface area contributed by atoms with Crippen LogP contribution >= 0.6 is 0 Å². The first-order valence-electron chi connectivity index (χ1n) is 16.0. The number of ether oxygens (including phenoxy) is 2. The van der Waals surface area contributed by atoms with Crippen molar-refractivity contribution in [1.29, 1.82) is 0 Å². The van der Waals surface area contributed by atoms with E-state index in [9.17, 15) is 28.3 Å². The largest absolute Gasteiger partial charge is 0.491 e. The van der Waals surface area contributed by atoms with Gasteiger partial charge in [-0.1, -0.05) is 27.7 Å². The van der Waals surface area contributed by atoms with Crippen molar-refractivity contribution in [3.63, 3.8) is 0 Å². The topological polar surface area (TPSA) is 166 Å². The van der Waals surface area contributed by atoms with Crippen LogP contribution in [0.5, 0.6) is 5.75 Å². The average Bonchev–Trinajstić information content (AvgIpc) is 3.45. The van der Waals surface area contributed by atoms with E-state index in [1.165, 1.54) is 11.1 Å². The third kappa shape index (κ3) is 11.2. The number of fused-ring (bicyclic) bond motifs is 1. The molecule has 12 heteroatoms. The summed E-state index contributed by atoms with van der Waals surface area (Å²) in [6.07, 6.45) is 3.14. The Hall–Kier alpha value is -2.83. The van der Waals surface area contributed by atoms with Crippen molar-refractivity contribution < 1.29 is 37.7 Å². The van der Waals surface area contributed by atoms with Gasteiger partial charge in [0.05, 0.1) is 18.4 Å². The van der Waals surface area contributed by atoms with Gasteiger partial charge in [-0.05, 0) is 73.1 Å². The van der Waals surface area contributed by atoms with E-state index in [-0.39, 0.29) is 36.5 Å². The number of hydrogen-bond acceptors (Lipinski definition) is 7. The number of aryl methyl sites for hydroxylation is 2. The zero-order chi connectivity index (χ0) is 33.7. The molecule has 0 aliphatic heterocycles. The highest BCUT2D eigenvalue weighted by molar-refractivity contribution is 5.92. The second-order valence-corrected chi connectivity index (χ2v) is 13.1. The van der Waals surface area contributed by atoms with E-state index in [2.05, 4.69) is 10.6 Å². The molecule has 256 valence electrons. The van der Waals surface area contributed by atoms with Crippen LogP contribution in [0.4, 0.5) is 14.5 Å². The monoisotopic (exact) mass is 640 g/mol. The summed E-state index contributed by atoms with van der Waals surface area (Å²) < 4.78 is 38.0. The molecule has 10 nitrogen and oxygen atoms in total. The maximum atomic E-state index is 13.4. The van der Waals surface area contributed by atoms with Crippen LogP contribution in [0.15, 0.2) is 12.1 Å². The molecule has 0 aromatic heterocycles. The number of carbonyl (C=O) groups is 3. The lowest BCUT2D eigenvalue weighted by Gasteiger charge is -2.30. The minimum atomic E-state index is -2.13. The molecule has 45 heavy (non-hydrogen) atoms. The number of rotatable bonds is 21. The van der Waals surface area contributed by atoms with Crippen LogP contribution in [0.3, 0.4) is 0 Å². The fourth-order valence-electron chi connectivity index (χ4n) is 5.59. The van der Waals surface area contributed by atoms with Crippen LogP contribution in [0.25, 0.3) is 0 Å². The quantitative estimate of drug-likeness (QED) is 0.128. The van der Waals surface area contributed by atoms with E-state index in [1.807, 2.05) is 26.0 Å². The number of alkyl halides is 2. The Bertz CT molecular complexity index is 1110. The van der Waals surface area contributed by atoms with Crippen molar-refractivity contribution in [3.8, 4) is 5.75 Å². The first-order valence-corrected chi connectivity index (χ1v) is 16.0. The maximum Gasteiger partial charge on any atom is 0.230 e. The number of anilines is 1. The molecular weight excluding hydrogens is 586 g/mol. The van der Waals surface area contributed by atoms with Crippen LogP contribution in [-0.2, 0) is 32.0 Å². The smallest absolute Gasteiger partial charge is 0.230 e. The zero-order valence-corrected chi connectivity index (χ0v) is 27.5. The second kappa shape index (κ2) is 18.3. The first kappa shape index (κ1) is 38.4. The number of hydrogen-bond donors (Lipinski definition) is 5. The molecule has 0 saturated heterocycles. The van der Waals surface area contributed by atoms with Crippen LogP contribution in [0.2, 0.25) is 0 Å². The number of nitrogens with two attached hydrogens (primary N) is 2. The van der Waals surface area contributed by atoms with Crippen molar-refractivity contribution in [2.45, 2.75) is 84.8 Å². The highest BCUT2D eigenvalue weighted by Gasteiger charge is 2.39. The number of halogens is 2. The minimum absolute atomic E-state index is 0.00457. The van der Waals surface area contributed by atoms with E-state index in [1.54, 1.807) is 21.0 Å². The number of aliphatic hydroxyl groups excluding tert-OH is 1. The lowest BCUT2D eigenvalue weighted by Crippen LogP contribution is -2.51. The molecule has 4 atom stereocenters. The molecule has 1 aromatic rings. The molecule has 0 saturated carbocycles. The summed E-state index contributed by atoms with van der Waals surface area (Å²) in [6.45, 7) is 5.29. The van der Waals surface area contributed by atoms with Crippen LogP contribution < -0.4 is 26.8 Å². The normalized spacial score (nSPS) is 15.8. The van der Waals surface area contributed by atoms with E-state index in [0.29, 0.717) is 31.1 Å². The maximum absolute atomic E-state index is 13.4. The zero-order valence-electron chi connectivity index (χ0n) is 27.5. The van der Waals surface area contributed by atoms with E-state index in [4.69, 9.17) is 20.9 Å². The summed E-state index contributed by atoms with van der Waals surface area (Å²) in [7, 11) is 1.64. The third-order valence-corrected chi connectivity index (χ3v) is 8.95. The molecule has 0 radical (unpaired) electrons. The highest BCUT2D eigenvalue weighted by atomic mass is 19.1. The molecule has 7 N–H and O–H groups in total. The fraction of sp³-hybridized carbons (Fsp3) is 0.727. The molecule has 0 heterocycles. The van der Waals surface area contributed by atoms with Gasteiger partial charge < -0.3 is 36.7 Å². The summed E-state index contributed by atoms with van der Waals surface area (Å²) in [4.78, 5) is 37.9. The summed E-state index contributed by atoms with van der Waals surface area (Å²) >= 11 is 0. The van der Waals surface area contributed by atoms with Gasteiger partial charge in [-0.15, -0.1) is 0 Å². The van der Waals surface area contributed by atoms with Gasteiger partial charge in [0.2, 0.25) is 17.7 Å². The Balaban J connectivity index is 2.04. The molecule has 1 aliphatic carbocycles. The number of nitrogens with one attached hydrogen (secondary N) is 2. The molecule has 0 spiro atoms. The SMILES string of the molecule is COCCCOc1cc2c(cc1NC(=O)C[C@@H](C[C@H](N)[C@@H](O)C[C@H](C(=O)NCC(CF)(CF)C(N)=O)C(C)C)C(C)C)CCC2. The van der Waals surface area contributed by atoms with Crippen molar-refractivity contribution in [3.05, 3.63) is 23.3 Å². The molecule has 1 aliphatic rings. The predicted octanol–water partition coefficient (Wildman–Crippen LogP) is 3.46. The number of benzene rings is 1. The lowest BCUT2D eigenvalue weighted by molar-refractivity contribution is -0.132. The Morgan fingerprint density at radius 1 is 1.02 bits per heavy atom. The second-order valence-electron chi connectivity index (χ2n) is 13.1. The Morgan fingerprint density at radius 2 is 1.67 bits per heavy atom. The Kier molecular flexibility index (Phi) is 15.6. The van der Waals surface area contributed by atoms with Crippen molar-refractivity contribution in [2.75, 3.05) is 45.5 Å². The van der Waals surface area contributed by atoms with Crippen molar-refractivity contribution in [1.82, 2.24) is 5.32 Å². The fourth-order valence-corrected chi connectivity index (χ4v) is 5.59. The van der Waals surface area contributed by atoms with E-state index in [0.717, 1.165) is 25.7 Å².